The minimum Gasteiger partial charge on any atom is -0.359 e. The van der Waals surface area contributed by atoms with Crippen molar-refractivity contribution in [3.8, 4) is 0 Å². The Morgan fingerprint density at radius 3 is 2.70 bits per heavy atom. The van der Waals surface area contributed by atoms with E-state index in [0.717, 1.165) is 45.3 Å². The van der Waals surface area contributed by atoms with Crippen LogP contribution in [0.4, 0.5) is 0 Å². The first-order chi connectivity index (χ1) is 9.07. The lowest BCUT2D eigenvalue weighted by molar-refractivity contribution is -0.145. The zero-order valence-corrected chi connectivity index (χ0v) is 13.2. The van der Waals surface area contributed by atoms with Crippen LogP contribution in [0.1, 0.15) is 32.6 Å². The molecular formula is C14H26ClN3O2. The van der Waals surface area contributed by atoms with Crippen molar-refractivity contribution in [2.45, 2.75) is 32.6 Å². The first kappa shape index (κ1) is 17.2. The third-order valence-electron chi connectivity index (χ3n) is 4.44. The number of piperidine rings is 2. The first-order valence-corrected chi connectivity index (χ1v) is 7.28. The molecule has 20 heavy (non-hydrogen) atoms. The number of hydrogen-bond acceptors (Lipinski definition) is 3. The average molecular weight is 304 g/mol. The molecule has 2 aliphatic heterocycles. The Kier molecular flexibility index (Phi) is 6.27. The van der Waals surface area contributed by atoms with Gasteiger partial charge in [0.15, 0.2) is 0 Å². The largest absolute Gasteiger partial charge is 0.359 e. The Labute approximate surface area is 127 Å². The van der Waals surface area contributed by atoms with E-state index in [0.29, 0.717) is 6.54 Å². The molecule has 2 fully saturated rings. The van der Waals surface area contributed by atoms with Crippen LogP contribution in [0.15, 0.2) is 0 Å². The fourth-order valence-electron chi connectivity index (χ4n) is 3.20. The van der Waals surface area contributed by atoms with Crippen molar-refractivity contribution < 1.29 is 9.59 Å². The molecule has 0 aromatic heterocycles. The molecule has 2 rings (SSSR count). The van der Waals surface area contributed by atoms with Crippen LogP contribution in [-0.4, -0.2) is 49.9 Å². The number of likely N-dealkylation sites (tertiary alicyclic amines) is 1. The van der Waals surface area contributed by atoms with E-state index in [2.05, 4.69) is 10.6 Å². The zero-order valence-electron chi connectivity index (χ0n) is 12.4. The second kappa shape index (κ2) is 7.27. The molecule has 2 heterocycles. The number of nitrogens with zero attached hydrogens (tertiary/aromatic N) is 1. The van der Waals surface area contributed by atoms with Gasteiger partial charge >= 0.3 is 0 Å². The first-order valence-electron chi connectivity index (χ1n) is 7.28. The summed E-state index contributed by atoms with van der Waals surface area (Å²) in [4.78, 5) is 26.3. The van der Waals surface area contributed by atoms with Gasteiger partial charge in [-0.05, 0) is 39.2 Å². The van der Waals surface area contributed by atoms with Crippen molar-refractivity contribution in [2.75, 3.05) is 33.2 Å². The quantitative estimate of drug-likeness (QED) is 0.792. The second-order valence-electron chi connectivity index (χ2n) is 6.05. The van der Waals surface area contributed by atoms with E-state index in [1.165, 1.54) is 0 Å². The smallest absolute Gasteiger partial charge is 0.229 e. The molecule has 2 saturated heterocycles. The van der Waals surface area contributed by atoms with Crippen molar-refractivity contribution in [1.29, 1.82) is 0 Å². The third kappa shape index (κ3) is 3.64. The van der Waals surface area contributed by atoms with Gasteiger partial charge in [0.05, 0.1) is 11.3 Å². The number of carbonyl (C=O) groups is 2. The molecule has 0 bridgehead atoms. The van der Waals surface area contributed by atoms with Crippen LogP contribution >= 0.6 is 12.4 Å². The lowest BCUT2D eigenvalue weighted by Gasteiger charge is -2.40. The van der Waals surface area contributed by atoms with Crippen molar-refractivity contribution in [3.05, 3.63) is 0 Å². The normalized spacial score (nSPS) is 30.3. The number of carbonyl (C=O) groups excluding carboxylic acids is 2. The Morgan fingerprint density at radius 2 is 2.10 bits per heavy atom. The van der Waals surface area contributed by atoms with E-state index in [1.807, 2.05) is 11.8 Å². The van der Waals surface area contributed by atoms with Crippen LogP contribution in [0.3, 0.4) is 0 Å². The van der Waals surface area contributed by atoms with Gasteiger partial charge in [-0.15, -0.1) is 12.4 Å². The van der Waals surface area contributed by atoms with Crippen molar-refractivity contribution in [3.63, 3.8) is 0 Å². The Balaban J connectivity index is 0.00000200. The second-order valence-corrected chi connectivity index (χ2v) is 6.05. The van der Waals surface area contributed by atoms with Gasteiger partial charge in [0.2, 0.25) is 11.8 Å². The van der Waals surface area contributed by atoms with Gasteiger partial charge in [-0.3, -0.25) is 9.59 Å². The fourth-order valence-corrected chi connectivity index (χ4v) is 3.20. The summed E-state index contributed by atoms with van der Waals surface area (Å²) in [5.74, 6) is 0.237. The lowest BCUT2D eigenvalue weighted by atomic mass is 9.80. The number of amides is 2. The maximum absolute atomic E-state index is 12.7. The lowest BCUT2D eigenvalue weighted by Crippen LogP contribution is -2.53. The summed E-state index contributed by atoms with van der Waals surface area (Å²) in [5.41, 5.74) is -0.289. The SMILES string of the molecule is CNC(=O)C1CCCN(C(=O)C2(C)CCCNC2)C1.Cl. The molecule has 0 spiro atoms. The molecule has 2 unspecified atom stereocenters. The van der Waals surface area contributed by atoms with E-state index in [-0.39, 0.29) is 35.6 Å². The summed E-state index contributed by atoms with van der Waals surface area (Å²) < 4.78 is 0. The van der Waals surface area contributed by atoms with Crippen LogP contribution in [0.5, 0.6) is 0 Å². The van der Waals surface area contributed by atoms with Gasteiger partial charge in [0.25, 0.3) is 0 Å². The van der Waals surface area contributed by atoms with E-state index >= 15 is 0 Å². The molecule has 0 aromatic carbocycles. The minimum absolute atomic E-state index is 0. The molecule has 0 aromatic rings. The summed E-state index contributed by atoms with van der Waals surface area (Å²) >= 11 is 0. The average Bonchev–Trinajstić information content (AvgIpc) is 2.46. The molecule has 6 heteroatoms. The highest BCUT2D eigenvalue weighted by molar-refractivity contribution is 5.85. The molecule has 0 aliphatic carbocycles. The fraction of sp³-hybridized carbons (Fsp3) is 0.857. The molecule has 0 saturated carbocycles. The molecule has 0 radical (unpaired) electrons. The van der Waals surface area contributed by atoms with Crippen LogP contribution < -0.4 is 10.6 Å². The third-order valence-corrected chi connectivity index (χ3v) is 4.44. The minimum atomic E-state index is -0.289. The Bertz CT molecular complexity index is 356. The highest BCUT2D eigenvalue weighted by atomic mass is 35.5. The van der Waals surface area contributed by atoms with Gasteiger partial charge in [-0.2, -0.15) is 0 Å². The van der Waals surface area contributed by atoms with Gasteiger partial charge in [0.1, 0.15) is 0 Å². The molecule has 2 amide bonds. The van der Waals surface area contributed by atoms with Gasteiger partial charge in [0, 0.05) is 26.7 Å². The maximum Gasteiger partial charge on any atom is 0.229 e. The molecular weight excluding hydrogens is 278 g/mol. The van der Waals surface area contributed by atoms with E-state index in [1.54, 1.807) is 7.05 Å². The standard InChI is InChI=1S/C14H25N3O2.ClH/c1-14(6-4-7-16-10-14)13(19)17-8-3-5-11(9-17)12(18)15-2;/h11,16H,3-10H2,1-2H3,(H,15,18);1H. The Hall–Kier alpha value is -0.810. The molecule has 2 atom stereocenters. The maximum atomic E-state index is 12.7. The number of nitrogens with one attached hydrogen (secondary N) is 2. The zero-order chi connectivity index (χ0) is 13.9. The molecule has 2 aliphatic rings. The monoisotopic (exact) mass is 303 g/mol. The van der Waals surface area contributed by atoms with E-state index in [9.17, 15) is 9.59 Å². The van der Waals surface area contributed by atoms with Gasteiger partial charge in [-0.1, -0.05) is 0 Å². The van der Waals surface area contributed by atoms with Gasteiger partial charge in [-0.25, -0.2) is 0 Å². The summed E-state index contributed by atoms with van der Waals surface area (Å²) in [5, 5.41) is 6.01. The summed E-state index contributed by atoms with van der Waals surface area (Å²) in [6.07, 6.45) is 3.81. The van der Waals surface area contributed by atoms with Crippen LogP contribution in [-0.2, 0) is 9.59 Å². The number of rotatable bonds is 2. The summed E-state index contributed by atoms with van der Waals surface area (Å²) in [6, 6.07) is 0. The summed E-state index contributed by atoms with van der Waals surface area (Å²) in [7, 11) is 1.66. The molecule has 116 valence electrons. The van der Waals surface area contributed by atoms with Crippen LogP contribution in [0.25, 0.3) is 0 Å². The number of halogens is 1. The highest BCUT2D eigenvalue weighted by Gasteiger charge is 2.39. The molecule has 2 N–H and O–H groups in total. The van der Waals surface area contributed by atoms with Crippen LogP contribution in [0, 0.1) is 11.3 Å². The highest BCUT2D eigenvalue weighted by Crippen LogP contribution is 2.30. The molecule has 5 nitrogen and oxygen atoms in total. The van der Waals surface area contributed by atoms with E-state index in [4.69, 9.17) is 0 Å². The van der Waals surface area contributed by atoms with Crippen molar-refractivity contribution in [1.82, 2.24) is 15.5 Å². The number of hydrogen-bond donors (Lipinski definition) is 2. The predicted octanol–water partition coefficient (Wildman–Crippen LogP) is 0.782. The van der Waals surface area contributed by atoms with Crippen LogP contribution in [0.2, 0.25) is 0 Å². The topological polar surface area (TPSA) is 61.4 Å². The summed E-state index contributed by atoms with van der Waals surface area (Å²) in [6.45, 7) is 5.18. The van der Waals surface area contributed by atoms with E-state index < -0.39 is 0 Å². The van der Waals surface area contributed by atoms with Crippen molar-refractivity contribution >= 4 is 24.2 Å². The Morgan fingerprint density at radius 1 is 1.35 bits per heavy atom. The predicted molar refractivity (Wildman–Crippen MR) is 80.8 cm³/mol. The van der Waals surface area contributed by atoms with Gasteiger partial charge < -0.3 is 15.5 Å². The van der Waals surface area contributed by atoms with Crippen molar-refractivity contribution in [2.24, 2.45) is 11.3 Å².